The van der Waals surface area contributed by atoms with Gasteiger partial charge in [0.15, 0.2) is 11.9 Å². The highest BCUT2D eigenvalue weighted by molar-refractivity contribution is 5.72. The van der Waals surface area contributed by atoms with Gasteiger partial charge in [-0.05, 0) is 18.6 Å². The fourth-order valence-electron chi connectivity index (χ4n) is 2.37. The maximum absolute atomic E-state index is 10.1. The van der Waals surface area contributed by atoms with Crippen LogP contribution in [0.5, 0.6) is 0 Å². The van der Waals surface area contributed by atoms with E-state index in [1.165, 1.54) is 6.33 Å². The second-order valence-corrected chi connectivity index (χ2v) is 4.65. The summed E-state index contributed by atoms with van der Waals surface area (Å²) in [4.78, 5) is 4.20. The van der Waals surface area contributed by atoms with E-state index in [-0.39, 0.29) is 0 Å². The Morgan fingerprint density at radius 1 is 1.32 bits per heavy atom. The average molecular weight is 265 g/mol. The molecule has 19 heavy (non-hydrogen) atoms. The highest BCUT2D eigenvalue weighted by atomic mass is 16.6. The lowest BCUT2D eigenvalue weighted by molar-refractivity contribution is -0.0356. The molecule has 1 aliphatic heterocycles. The summed E-state index contributed by atoms with van der Waals surface area (Å²) in [7, 11) is 0. The Morgan fingerprint density at radius 3 is 2.79 bits per heavy atom. The van der Waals surface area contributed by atoms with E-state index in [0.717, 1.165) is 0 Å². The number of aryl methyl sites for hydroxylation is 1. The molecule has 8 nitrogen and oxygen atoms in total. The Kier molecular flexibility index (Phi) is 2.92. The first-order valence-electron chi connectivity index (χ1n) is 6.17. The van der Waals surface area contributed by atoms with Gasteiger partial charge in [0.2, 0.25) is 0 Å². The molecule has 0 unspecified atom stereocenters. The summed E-state index contributed by atoms with van der Waals surface area (Å²) in [6, 6.07) is 0. The number of aromatic nitrogens is 5. The van der Waals surface area contributed by atoms with Crippen molar-refractivity contribution in [2.24, 2.45) is 0 Å². The van der Waals surface area contributed by atoms with Crippen LogP contribution in [0.1, 0.15) is 25.3 Å². The fraction of sp³-hybridized carbons (Fsp3) is 0.636. The Bertz CT molecular complexity index is 601. The number of rotatable bonds is 2. The van der Waals surface area contributed by atoms with E-state index in [9.17, 15) is 10.2 Å². The highest BCUT2D eigenvalue weighted by Crippen LogP contribution is 2.32. The first-order valence-corrected chi connectivity index (χ1v) is 6.17. The number of hydrogen-bond donors (Lipinski definition) is 2. The molecule has 0 saturated carbocycles. The number of nitrogens with zero attached hydrogens (tertiary/aromatic N) is 5. The van der Waals surface area contributed by atoms with Crippen molar-refractivity contribution in [3.05, 3.63) is 12.0 Å². The molecule has 8 heteroatoms. The molecule has 0 radical (unpaired) electrons. The summed E-state index contributed by atoms with van der Waals surface area (Å²) in [5.74, 6) is 0. The van der Waals surface area contributed by atoms with Crippen LogP contribution in [0.2, 0.25) is 0 Å². The van der Waals surface area contributed by atoms with Gasteiger partial charge in [-0.2, -0.15) is 0 Å². The van der Waals surface area contributed by atoms with Crippen LogP contribution in [0, 0.1) is 6.92 Å². The van der Waals surface area contributed by atoms with Crippen molar-refractivity contribution in [2.45, 2.75) is 44.8 Å². The Labute approximate surface area is 109 Å². The minimum absolute atomic E-state index is 0.395. The number of imidazole rings is 1. The van der Waals surface area contributed by atoms with E-state index in [1.807, 2.05) is 6.92 Å². The molecule has 3 rings (SSSR count). The van der Waals surface area contributed by atoms with Crippen molar-refractivity contribution in [2.75, 3.05) is 0 Å². The van der Waals surface area contributed by atoms with Crippen LogP contribution in [-0.4, -0.2) is 53.5 Å². The van der Waals surface area contributed by atoms with Gasteiger partial charge < -0.3 is 14.9 Å². The van der Waals surface area contributed by atoms with Crippen LogP contribution in [0.4, 0.5) is 0 Å². The molecule has 1 saturated heterocycles. The molecule has 2 aromatic heterocycles. The molecular formula is C11H15N5O3. The fourth-order valence-corrected chi connectivity index (χ4v) is 2.37. The molecule has 0 amide bonds. The largest absolute Gasteiger partial charge is 0.388 e. The minimum Gasteiger partial charge on any atom is -0.388 e. The van der Waals surface area contributed by atoms with E-state index in [0.29, 0.717) is 23.3 Å². The summed E-state index contributed by atoms with van der Waals surface area (Å²) in [6.07, 6.45) is -0.893. The van der Waals surface area contributed by atoms with Crippen molar-refractivity contribution in [1.82, 2.24) is 25.0 Å². The second-order valence-electron chi connectivity index (χ2n) is 4.65. The molecular weight excluding hydrogens is 250 g/mol. The molecule has 1 aliphatic rings. The van der Waals surface area contributed by atoms with E-state index in [2.05, 4.69) is 20.4 Å². The summed E-state index contributed by atoms with van der Waals surface area (Å²) >= 11 is 0. The molecule has 102 valence electrons. The van der Waals surface area contributed by atoms with E-state index < -0.39 is 24.5 Å². The zero-order valence-electron chi connectivity index (χ0n) is 10.6. The van der Waals surface area contributed by atoms with Gasteiger partial charge in [0, 0.05) is 0 Å². The third-order valence-corrected chi connectivity index (χ3v) is 3.46. The van der Waals surface area contributed by atoms with Gasteiger partial charge in [-0.15, -0.1) is 10.2 Å². The van der Waals surface area contributed by atoms with Crippen LogP contribution < -0.4 is 0 Å². The molecule has 0 spiro atoms. The van der Waals surface area contributed by atoms with Crippen LogP contribution in [0.3, 0.4) is 0 Å². The smallest absolute Gasteiger partial charge is 0.188 e. The molecule has 0 aromatic carbocycles. The van der Waals surface area contributed by atoms with Crippen molar-refractivity contribution >= 4 is 11.2 Å². The summed E-state index contributed by atoms with van der Waals surface area (Å²) in [6.45, 7) is 3.67. The second kappa shape index (κ2) is 4.48. The summed E-state index contributed by atoms with van der Waals surface area (Å²) in [5, 5.41) is 31.4. The van der Waals surface area contributed by atoms with Gasteiger partial charge in [0.25, 0.3) is 0 Å². The minimum atomic E-state index is -1.02. The van der Waals surface area contributed by atoms with Crippen molar-refractivity contribution in [3.8, 4) is 0 Å². The van der Waals surface area contributed by atoms with E-state index in [4.69, 9.17) is 4.74 Å². The predicted molar refractivity (Wildman–Crippen MR) is 64.1 cm³/mol. The maximum Gasteiger partial charge on any atom is 0.188 e. The Morgan fingerprint density at radius 2 is 2.11 bits per heavy atom. The quantitative estimate of drug-likeness (QED) is 0.758. The van der Waals surface area contributed by atoms with Crippen LogP contribution in [-0.2, 0) is 4.74 Å². The lowest BCUT2D eigenvalue weighted by atomic mass is 10.1. The van der Waals surface area contributed by atoms with Crippen molar-refractivity contribution in [1.29, 1.82) is 0 Å². The molecule has 2 aromatic rings. The van der Waals surface area contributed by atoms with Crippen molar-refractivity contribution in [3.63, 3.8) is 0 Å². The summed E-state index contributed by atoms with van der Waals surface area (Å²) < 4.78 is 7.25. The number of hydrogen-bond acceptors (Lipinski definition) is 7. The molecule has 2 N–H and O–H groups in total. The van der Waals surface area contributed by atoms with Crippen LogP contribution in [0.15, 0.2) is 6.33 Å². The normalized spacial score (nSPS) is 31.2. The van der Waals surface area contributed by atoms with Gasteiger partial charge in [-0.3, -0.25) is 4.57 Å². The highest BCUT2D eigenvalue weighted by Gasteiger charge is 2.43. The lowest BCUT2D eigenvalue weighted by Gasteiger charge is -2.16. The standard InChI is InChI=1S/C11H15N5O3/c1-3-6-8(17)9(18)11(19-6)16-4-12-7-5(2)13-15-14-10(7)16/h4,6,8-9,11,17-18H,3H2,1-2H3/t6-,8-,9-,11-/m1/s1. The molecule has 4 atom stereocenters. The number of fused-ring (bicyclic) bond motifs is 1. The third-order valence-electron chi connectivity index (χ3n) is 3.46. The average Bonchev–Trinajstić information content (AvgIpc) is 2.94. The molecule has 0 bridgehead atoms. The van der Waals surface area contributed by atoms with Gasteiger partial charge in [-0.1, -0.05) is 6.92 Å². The zero-order valence-corrected chi connectivity index (χ0v) is 10.6. The van der Waals surface area contributed by atoms with Gasteiger partial charge >= 0.3 is 0 Å². The number of ether oxygens (including phenoxy) is 1. The van der Waals surface area contributed by atoms with Crippen LogP contribution >= 0.6 is 0 Å². The lowest BCUT2D eigenvalue weighted by Crippen LogP contribution is -2.31. The Balaban J connectivity index is 2.04. The zero-order chi connectivity index (χ0) is 13.6. The van der Waals surface area contributed by atoms with Gasteiger partial charge in [-0.25, -0.2) is 4.98 Å². The maximum atomic E-state index is 10.1. The number of aliphatic hydroxyl groups excluding tert-OH is 2. The first kappa shape index (κ1) is 12.4. The SMILES string of the molecule is CC[C@H]1O[C@@H](n2cnc3c(C)nnnc32)[C@H](O)[C@@H]1O. The number of aliphatic hydroxyl groups is 2. The predicted octanol–water partition coefficient (Wildman–Crippen LogP) is -0.441. The third kappa shape index (κ3) is 1.79. The monoisotopic (exact) mass is 265 g/mol. The first-order chi connectivity index (χ1) is 9.13. The summed E-state index contributed by atoms with van der Waals surface area (Å²) in [5.41, 5.74) is 1.75. The molecule has 3 heterocycles. The van der Waals surface area contributed by atoms with Crippen molar-refractivity contribution < 1.29 is 14.9 Å². The van der Waals surface area contributed by atoms with E-state index in [1.54, 1.807) is 11.5 Å². The van der Waals surface area contributed by atoms with Gasteiger partial charge in [0.05, 0.1) is 18.1 Å². The molecule has 1 fully saturated rings. The van der Waals surface area contributed by atoms with E-state index >= 15 is 0 Å². The Hall–Kier alpha value is -1.64. The molecule has 0 aliphatic carbocycles. The topological polar surface area (TPSA) is 106 Å². The van der Waals surface area contributed by atoms with Crippen LogP contribution in [0.25, 0.3) is 11.2 Å². The van der Waals surface area contributed by atoms with Gasteiger partial charge in [0.1, 0.15) is 17.7 Å².